The number of hydrogen-bond acceptors (Lipinski definition) is 7. The molecule has 35 heavy (non-hydrogen) atoms. The molecule has 0 aliphatic carbocycles. The quantitative estimate of drug-likeness (QED) is 0.115. The molecule has 0 aromatic carbocycles. The van der Waals surface area contributed by atoms with E-state index in [9.17, 15) is 9.59 Å². The zero-order chi connectivity index (χ0) is 27.4. The van der Waals surface area contributed by atoms with E-state index in [2.05, 4.69) is 49.9 Å². The third kappa shape index (κ3) is 25.8. The number of methoxy groups -OCH3 is 2. The molecule has 0 fully saturated rings. The molecule has 2 amide bonds. The van der Waals surface area contributed by atoms with Gasteiger partial charge in [0.15, 0.2) is 6.29 Å². The third-order valence-corrected chi connectivity index (χ3v) is 4.96. The Kier molecular flexibility index (Phi) is 27.4. The van der Waals surface area contributed by atoms with Gasteiger partial charge in [0.05, 0.1) is 0 Å². The van der Waals surface area contributed by atoms with Crippen molar-refractivity contribution in [1.29, 1.82) is 0 Å². The maximum absolute atomic E-state index is 11.2. The van der Waals surface area contributed by atoms with E-state index in [0.717, 1.165) is 31.4 Å². The van der Waals surface area contributed by atoms with E-state index in [4.69, 9.17) is 26.8 Å². The van der Waals surface area contributed by atoms with Crippen molar-refractivity contribution in [2.75, 3.05) is 27.0 Å². The third-order valence-electron chi connectivity index (χ3n) is 4.72. The zero-order valence-corrected chi connectivity index (χ0v) is 26.6. The second-order valence-corrected chi connectivity index (χ2v) is 9.77. The number of carbonyl (C=O) groups excluding carboxylic acids is 2. The maximum Gasteiger partial charge on any atom is 0.407 e. The van der Waals surface area contributed by atoms with Gasteiger partial charge in [0.2, 0.25) is 6.41 Å². The number of carbonyl (C=O) groups is 2. The molecule has 2 atom stereocenters. The molecule has 0 saturated carbocycles. The van der Waals surface area contributed by atoms with E-state index < -0.39 is 5.60 Å². The number of likely N-dealkylation sites (N-methyl/N-ethyl adjacent to an activating group) is 1. The van der Waals surface area contributed by atoms with Gasteiger partial charge in [-0.2, -0.15) is 5.75 Å². The van der Waals surface area contributed by atoms with Crippen molar-refractivity contribution in [3.63, 3.8) is 0 Å². The summed E-state index contributed by atoms with van der Waals surface area (Å²) >= 11 is 4.80. The summed E-state index contributed by atoms with van der Waals surface area (Å²) in [6, 6.07) is 0.232. The van der Waals surface area contributed by atoms with Crippen LogP contribution < -0.4 is 16.0 Å². The molecule has 0 heterocycles. The Bertz CT molecular complexity index is 568. The molecule has 0 bridgehead atoms. The van der Waals surface area contributed by atoms with Gasteiger partial charge in [0, 0.05) is 65.6 Å². The van der Waals surface area contributed by atoms with E-state index in [1.807, 2.05) is 34.7 Å². The molecular formula is C25H50IrN3O5S-. The fourth-order valence-electron chi connectivity index (χ4n) is 2.67. The van der Waals surface area contributed by atoms with Gasteiger partial charge in [0.25, 0.3) is 0 Å². The molecule has 0 saturated heterocycles. The first-order valence-corrected chi connectivity index (χ1v) is 12.1. The largest absolute Gasteiger partial charge is 0.793 e. The Balaban J connectivity index is -0.000000220. The fourth-order valence-corrected chi connectivity index (χ4v) is 3.03. The fraction of sp³-hybridized carbons (Fsp3) is 0.760. The smallest absolute Gasteiger partial charge is 0.407 e. The summed E-state index contributed by atoms with van der Waals surface area (Å²) in [7, 11) is 5.06. The van der Waals surface area contributed by atoms with Crippen LogP contribution in [0.15, 0.2) is 24.9 Å². The summed E-state index contributed by atoms with van der Waals surface area (Å²) in [4.78, 5) is 21.6. The number of nitrogens with one attached hydrogen (secondary N) is 3. The standard InChI is InChI=1S/C11H23NO3.C9H19NO2S.C5H9N.Ir/c1-6-9(12-8-13)11(2,3)7-10(14-4)15-5;1-7(5-6-13)10-8(11)12-9(2,3)4;1-4-5(2)6-3;/h8-10H,6-7H2,1-5H3,(H,12,13);7,13H,5-6H2,1-4H3,(H,10,11);4,6H,1-2H2,3H3;/p-1. The summed E-state index contributed by atoms with van der Waals surface area (Å²) in [5.74, 6) is 0.650. The summed E-state index contributed by atoms with van der Waals surface area (Å²) in [6.45, 7) is 20.7. The van der Waals surface area contributed by atoms with Gasteiger partial charge in [-0.15, -0.1) is 0 Å². The first-order chi connectivity index (χ1) is 15.7. The van der Waals surface area contributed by atoms with E-state index in [1.165, 1.54) is 0 Å². The monoisotopic (exact) mass is 697 g/mol. The average molecular weight is 697 g/mol. The number of allylic oxidation sites excluding steroid dienone is 1. The first-order valence-electron chi connectivity index (χ1n) is 11.5. The summed E-state index contributed by atoms with van der Waals surface area (Å²) in [5.41, 5.74) is 0.374. The van der Waals surface area contributed by atoms with Crippen LogP contribution in [0.3, 0.4) is 0 Å². The maximum atomic E-state index is 11.2. The normalized spacial score (nSPS) is 12.2. The predicted molar refractivity (Wildman–Crippen MR) is 144 cm³/mol. The van der Waals surface area contributed by atoms with Crippen molar-refractivity contribution >= 4 is 25.1 Å². The topological polar surface area (TPSA) is 97.9 Å². The van der Waals surface area contributed by atoms with E-state index in [1.54, 1.807) is 20.3 Å². The minimum absolute atomic E-state index is 0. The Morgan fingerprint density at radius 3 is 1.94 bits per heavy atom. The molecule has 3 N–H and O–H groups in total. The second-order valence-electron chi connectivity index (χ2n) is 9.36. The Morgan fingerprint density at radius 2 is 1.66 bits per heavy atom. The predicted octanol–water partition coefficient (Wildman–Crippen LogP) is 4.29. The van der Waals surface area contributed by atoms with Gasteiger partial charge in [-0.3, -0.25) is 4.79 Å². The molecule has 1 radical (unpaired) electrons. The molecule has 211 valence electrons. The van der Waals surface area contributed by atoms with Crippen LogP contribution in [0.1, 0.15) is 67.7 Å². The summed E-state index contributed by atoms with van der Waals surface area (Å²) in [5, 5.41) is 8.35. The number of ether oxygens (including phenoxy) is 3. The molecule has 10 heteroatoms. The van der Waals surface area contributed by atoms with Crippen molar-refractivity contribution < 1.29 is 43.9 Å². The average Bonchev–Trinajstić information content (AvgIpc) is 2.74. The minimum Gasteiger partial charge on any atom is -0.793 e. The van der Waals surface area contributed by atoms with Gasteiger partial charge >= 0.3 is 6.09 Å². The van der Waals surface area contributed by atoms with Crippen LogP contribution in [-0.2, 0) is 51.7 Å². The SMILES string of the molecule is C=CC(=C)NC.CC(CC[S-])NC(=O)OC(C)(C)C.CCC(NC=O)C(C)(C)CC(OC)OC.[Ir]. The van der Waals surface area contributed by atoms with E-state index in [0.29, 0.717) is 5.75 Å². The second kappa shape index (κ2) is 23.3. The van der Waals surface area contributed by atoms with E-state index >= 15 is 0 Å². The minimum atomic E-state index is -0.433. The molecule has 0 aromatic rings. The molecule has 0 rings (SSSR count). The van der Waals surface area contributed by atoms with E-state index in [-0.39, 0.29) is 50.0 Å². The molecule has 2 unspecified atom stereocenters. The molecular weight excluding hydrogens is 647 g/mol. The van der Waals surface area contributed by atoms with Crippen LogP contribution in [0.5, 0.6) is 0 Å². The van der Waals surface area contributed by atoms with Crippen LogP contribution in [0.4, 0.5) is 4.79 Å². The Hall–Kier alpha value is -1.06. The van der Waals surface area contributed by atoms with Crippen LogP contribution >= 0.6 is 0 Å². The molecule has 8 nitrogen and oxygen atoms in total. The summed E-state index contributed by atoms with van der Waals surface area (Å²) in [6.07, 6.45) is 4.27. The van der Waals surface area contributed by atoms with Crippen LogP contribution in [-0.4, -0.2) is 63.5 Å². The van der Waals surface area contributed by atoms with Crippen LogP contribution in [0.2, 0.25) is 0 Å². The van der Waals surface area contributed by atoms with Gasteiger partial charge in [-0.05, 0) is 45.6 Å². The van der Waals surface area contributed by atoms with Crippen molar-refractivity contribution in [1.82, 2.24) is 16.0 Å². The Morgan fingerprint density at radius 1 is 1.14 bits per heavy atom. The molecule has 0 aliphatic rings. The van der Waals surface area contributed by atoms with Gasteiger partial charge in [-0.1, -0.05) is 40.3 Å². The first kappa shape index (κ1) is 41.1. The number of amides is 2. The van der Waals surface area contributed by atoms with Crippen molar-refractivity contribution in [2.45, 2.75) is 91.7 Å². The number of hydrogen-bond donors (Lipinski definition) is 3. The van der Waals surface area contributed by atoms with Crippen LogP contribution in [0, 0.1) is 5.41 Å². The number of alkyl carbamates (subject to hydrolysis) is 1. The number of rotatable bonds is 13. The van der Waals surface area contributed by atoms with Crippen molar-refractivity contribution in [3.8, 4) is 0 Å². The zero-order valence-electron chi connectivity index (χ0n) is 23.4. The summed E-state index contributed by atoms with van der Waals surface area (Å²) < 4.78 is 15.4. The van der Waals surface area contributed by atoms with Gasteiger partial charge in [0.1, 0.15) is 5.60 Å². The van der Waals surface area contributed by atoms with Gasteiger partial charge < -0.3 is 42.8 Å². The van der Waals surface area contributed by atoms with Crippen LogP contribution in [0.25, 0.3) is 0 Å². The van der Waals surface area contributed by atoms with Gasteiger partial charge in [-0.25, -0.2) is 4.79 Å². The molecule has 0 aliphatic heterocycles. The molecule has 0 aromatic heterocycles. The van der Waals surface area contributed by atoms with Crippen molar-refractivity contribution in [3.05, 3.63) is 24.9 Å². The Labute approximate surface area is 233 Å². The van der Waals surface area contributed by atoms with Crippen molar-refractivity contribution in [2.24, 2.45) is 5.41 Å². The molecule has 0 spiro atoms.